The lowest BCUT2D eigenvalue weighted by Crippen LogP contribution is -2.40. The number of hydrogen-bond donors (Lipinski definition) is 2. The van der Waals surface area contributed by atoms with Crippen LogP contribution in [-0.2, 0) is 21.2 Å². The van der Waals surface area contributed by atoms with Gasteiger partial charge in [0.15, 0.2) is 0 Å². The summed E-state index contributed by atoms with van der Waals surface area (Å²) >= 11 is 0. The highest BCUT2D eigenvalue weighted by atomic mass is 32.2. The Labute approximate surface area is 147 Å². The molecule has 0 aliphatic heterocycles. The van der Waals surface area contributed by atoms with Crippen LogP contribution >= 0.6 is 0 Å². The van der Waals surface area contributed by atoms with Gasteiger partial charge in [0.2, 0.25) is 15.9 Å². The maximum absolute atomic E-state index is 12.9. The number of carbonyl (C=O) groups is 1. The SMILES string of the molecule is CC(C)(C)NS(=O)(=O)c1ccc(NC(=O)Cc2ccc(F)cc2)cc1. The number of hydrogen-bond acceptors (Lipinski definition) is 3. The summed E-state index contributed by atoms with van der Waals surface area (Å²) in [5.74, 6) is -0.625. The minimum Gasteiger partial charge on any atom is -0.326 e. The van der Waals surface area contributed by atoms with Gasteiger partial charge in [-0.25, -0.2) is 17.5 Å². The first-order valence-corrected chi connectivity index (χ1v) is 9.22. The van der Waals surface area contributed by atoms with Crippen molar-refractivity contribution in [2.45, 2.75) is 37.6 Å². The zero-order valence-electron chi connectivity index (χ0n) is 14.3. The molecule has 0 aliphatic rings. The van der Waals surface area contributed by atoms with Crippen LogP contribution in [0, 0.1) is 5.82 Å². The van der Waals surface area contributed by atoms with E-state index in [1.807, 2.05) is 0 Å². The van der Waals surface area contributed by atoms with E-state index in [0.29, 0.717) is 11.3 Å². The van der Waals surface area contributed by atoms with E-state index < -0.39 is 15.6 Å². The molecule has 0 heterocycles. The highest BCUT2D eigenvalue weighted by Gasteiger charge is 2.21. The molecule has 2 N–H and O–H groups in total. The second kappa shape index (κ2) is 7.33. The van der Waals surface area contributed by atoms with Crippen molar-refractivity contribution in [3.8, 4) is 0 Å². The van der Waals surface area contributed by atoms with E-state index >= 15 is 0 Å². The van der Waals surface area contributed by atoms with Gasteiger partial charge < -0.3 is 5.32 Å². The van der Waals surface area contributed by atoms with Gasteiger partial charge in [-0.15, -0.1) is 0 Å². The number of anilines is 1. The number of nitrogens with one attached hydrogen (secondary N) is 2. The topological polar surface area (TPSA) is 75.3 Å². The number of halogens is 1. The van der Waals surface area contributed by atoms with Gasteiger partial charge in [0.05, 0.1) is 11.3 Å². The highest BCUT2D eigenvalue weighted by Crippen LogP contribution is 2.16. The van der Waals surface area contributed by atoms with Gasteiger partial charge in [-0.05, 0) is 62.7 Å². The average Bonchev–Trinajstić information content (AvgIpc) is 2.48. The quantitative estimate of drug-likeness (QED) is 0.856. The molecule has 0 bridgehead atoms. The first-order valence-electron chi connectivity index (χ1n) is 7.73. The number of amides is 1. The van der Waals surface area contributed by atoms with Gasteiger partial charge in [0.25, 0.3) is 0 Å². The van der Waals surface area contributed by atoms with E-state index in [1.165, 1.54) is 36.4 Å². The third-order valence-corrected chi connectivity index (χ3v) is 4.94. The van der Waals surface area contributed by atoms with Crippen LogP contribution in [0.15, 0.2) is 53.4 Å². The Bertz CT molecular complexity index is 839. The summed E-state index contributed by atoms with van der Waals surface area (Å²) in [7, 11) is -3.61. The van der Waals surface area contributed by atoms with Crippen molar-refractivity contribution >= 4 is 21.6 Å². The average molecular weight is 364 g/mol. The van der Waals surface area contributed by atoms with Crippen LogP contribution in [0.4, 0.5) is 10.1 Å². The Morgan fingerprint density at radius 2 is 1.56 bits per heavy atom. The summed E-state index contributed by atoms with van der Waals surface area (Å²) in [6.45, 7) is 5.28. The molecule has 2 aromatic carbocycles. The van der Waals surface area contributed by atoms with Crippen molar-refractivity contribution in [3.63, 3.8) is 0 Å². The minimum absolute atomic E-state index is 0.103. The Balaban J connectivity index is 2.02. The van der Waals surface area contributed by atoms with Gasteiger partial charge in [-0.2, -0.15) is 0 Å². The Kier molecular flexibility index (Phi) is 5.59. The third-order valence-electron chi connectivity index (χ3n) is 3.17. The molecule has 7 heteroatoms. The molecule has 2 aromatic rings. The van der Waals surface area contributed by atoms with Crippen molar-refractivity contribution in [1.82, 2.24) is 4.72 Å². The normalized spacial score (nSPS) is 12.0. The summed E-state index contributed by atoms with van der Waals surface area (Å²) < 4.78 is 39.9. The summed E-state index contributed by atoms with van der Waals surface area (Å²) in [5, 5.41) is 2.68. The molecule has 0 aliphatic carbocycles. The lowest BCUT2D eigenvalue weighted by molar-refractivity contribution is -0.115. The molecule has 0 unspecified atom stereocenters. The van der Waals surface area contributed by atoms with E-state index in [9.17, 15) is 17.6 Å². The van der Waals surface area contributed by atoms with Crippen molar-refractivity contribution in [3.05, 3.63) is 59.9 Å². The molecule has 2 rings (SSSR count). The molecular weight excluding hydrogens is 343 g/mol. The molecule has 0 fully saturated rings. The van der Waals surface area contributed by atoms with E-state index in [0.717, 1.165) is 0 Å². The molecule has 0 saturated heterocycles. The molecule has 0 saturated carbocycles. The number of carbonyl (C=O) groups excluding carboxylic acids is 1. The van der Waals surface area contributed by atoms with Gasteiger partial charge in [0, 0.05) is 11.2 Å². The maximum Gasteiger partial charge on any atom is 0.241 e. The maximum atomic E-state index is 12.9. The van der Waals surface area contributed by atoms with Crippen LogP contribution in [0.2, 0.25) is 0 Å². The fourth-order valence-electron chi connectivity index (χ4n) is 2.17. The predicted molar refractivity (Wildman–Crippen MR) is 95.3 cm³/mol. The van der Waals surface area contributed by atoms with Gasteiger partial charge in [0.1, 0.15) is 5.82 Å². The van der Waals surface area contributed by atoms with E-state index in [1.54, 1.807) is 32.9 Å². The fraction of sp³-hybridized carbons (Fsp3) is 0.278. The van der Waals surface area contributed by atoms with Crippen LogP contribution in [0.25, 0.3) is 0 Å². The Hall–Kier alpha value is -2.25. The molecular formula is C18H21FN2O3S. The van der Waals surface area contributed by atoms with Crippen LogP contribution in [-0.4, -0.2) is 19.9 Å². The molecule has 0 radical (unpaired) electrons. The largest absolute Gasteiger partial charge is 0.326 e. The summed E-state index contributed by atoms with van der Waals surface area (Å²) in [5.41, 5.74) is 0.593. The van der Waals surface area contributed by atoms with E-state index in [4.69, 9.17) is 0 Å². The molecule has 0 atom stereocenters. The number of rotatable bonds is 5. The lowest BCUT2D eigenvalue weighted by Gasteiger charge is -2.20. The van der Waals surface area contributed by atoms with E-state index in [-0.39, 0.29) is 23.0 Å². The zero-order valence-corrected chi connectivity index (χ0v) is 15.2. The Morgan fingerprint density at radius 3 is 2.08 bits per heavy atom. The summed E-state index contributed by atoms with van der Waals surface area (Å²) in [4.78, 5) is 12.1. The van der Waals surface area contributed by atoms with Crippen molar-refractivity contribution < 1.29 is 17.6 Å². The molecule has 134 valence electrons. The fourth-order valence-corrected chi connectivity index (χ4v) is 3.59. The number of sulfonamides is 1. The molecule has 5 nitrogen and oxygen atoms in total. The van der Waals surface area contributed by atoms with Crippen LogP contribution in [0.1, 0.15) is 26.3 Å². The predicted octanol–water partition coefficient (Wildman–Crippen LogP) is 3.08. The van der Waals surface area contributed by atoms with Crippen LogP contribution in [0.5, 0.6) is 0 Å². The van der Waals surface area contributed by atoms with Crippen molar-refractivity contribution in [1.29, 1.82) is 0 Å². The van der Waals surface area contributed by atoms with Crippen molar-refractivity contribution in [2.24, 2.45) is 0 Å². The van der Waals surface area contributed by atoms with Gasteiger partial charge in [-0.1, -0.05) is 12.1 Å². The molecule has 0 aromatic heterocycles. The third kappa shape index (κ3) is 5.95. The lowest BCUT2D eigenvalue weighted by atomic mass is 10.1. The second-order valence-electron chi connectivity index (χ2n) is 6.73. The summed E-state index contributed by atoms with van der Waals surface area (Å²) in [6, 6.07) is 11.6. The summed E-state index contributed by atoms with van der Waals surface area (Å²) in [6.07, 6.45) is 0.103. The van der Waals surface area contributed by atoms with E-state index in [2.05, 4.69) is 10.0 Å². The highest BCUT2D eigenvalue weighted by molar-refractivity contribution is 7.89. The van der Waals surface area contributed by atoms with Gasteiger partial charge in [-0.3, -0.25) is 4.79 Å². The smallest absolute Gasteiger partial charge is 0.241 e. The minimum atomic E-state index is -3.61. The Morgan fingerprint density at radius 1 is 1.00 bits per heavy atom. The monoisotopic (exact) mass is 364 g/mol. The second-order valence-corrected chi connectivity index (χ2v) is 8.41. The van der Waals surface area contributed by atoms with Crippen molar-refractivity contribution in [2.75, 3.05) is 5.32 Å². The molecule has 1 amide bonds. The molecule has 25 heavy (non-hydrogen) atoms. The first-order chi connectivity index (χ1) is 11.5. The van der Waals surface area contributed by atoms with Crippen LogP contribution in [0.3, 0.4) is 0 Å². The standard InChI is InChI=1S/C18H21FN2O3S/c1-18(2,3)21-25(23,24)16-10-8-15(9-11-16)20-17(22)12-13-4-6-14(19)7-5-13/h4-11,21H,12H2,1-3H3,(H,20,22). The first kappa shape index (κ1) is 19.1. The number of benzene rings is 2. The van der Waals surface area contributed by atoms with Crippen LogP contribution < -0.4 is 10.0 Å². The molecule has 0 spiro atoms. The van der Waals surface area contributed by atoms with Gasteiger partial charge >= 0.3 is 0 Å². The zero-order chi connectivity index (χ0) is 18.7.